The van der Waals surface area contributed by atoms with Crippen molar-refractivity contribution in [2.45, 2.75) is 52.1 Å². The zero-order valence-corrected chi connectivity index (χ0v) is 24.5. The second kappa shape index (κ2) is 14.7. The molecule has 1 N–H and O–H groups in total. The Labute approximate surface area is 241 Å². The van der Waals surface area contributed by atoms with Gasteiger partial charge in [-0.1, -0.05) is 61.5 Å². The summed E-state index contributed by atoms with van der Waals surface area (Å²) in [5, 5.41) is 2.93. The van der Waals surface area contributed by atoms with Gasteiger partial charge in [0.15, 0.2) is 11.6 Å². The van der Waals surface area contributed by atoms with Crippen LogP contribution in [-0.4, -0.2) is 50.5 Å². The summed E-state index contributed by atoms with van der Waals surface area (Å²) in [7, 11) is -3.85. The maximum absolute atomic E-state index is 13.9. The van der Waals surface area contributed by atoms with E-state index in [1.54, 1.807) is 4.90 Å². The zero-order valence-electron chi connectivity index (χ0n) is 23.6. The number of sulfonamides is 1. The van der Waals surface area contributed by atoms with Crippen LogP contribution in [0.5, 0.6) is 0 Å². The highest BCUT2D eigenvalue weighted by molar-refractivity contribution is 7.92. The highest BCUT2D eigenvalue weighted by Gasteiger charge is 2.30. The lowest BCUT2D eigenvalue weighted by Crippen LogP contribution is -2.50. The first-order valence-corrected chi connectivity index (χ1v) is 15.4. The molecule has 3 rings (SSSR count). The molecule has 0 aliphatic rings. The van der Waals surface area contributed by atoms with Crippen LogP contribution in [0.15, 0.2) is 72.8 Å². The Morgan fingerprint density at radius 2 is 1.63 bits per heavy atom. The molecule has 10 heteroatoms. The van der Waals surface area contributed by atoms with Crippen LogP contribution in [0.3, 0.4) is 0 Å². The van der Waals surface area contributed by atoms with Crippen molar-refractivity contribution in [3.05, 3.63) is 101 Å². The lowest BCUT2D eigenvalue weighted by molar-refractivity contribution is -0.141. The Morgan fingerprint density at radius 3 is 2.27 bits per heavy atom. The molecule has 0 aromatic heterocycles. The molecule has 3 aromatic carbocycles. The van der Waals surface area contributed by atoms with Crippen molar-refractivity contribution in [2.75, 3.05) is 23.7 Å². The van der Waals surface area contributed by atoms with Crippen molar-refractivity contribution in [1.82, 2.24) is 10.2 Å². The second-order valence-electron chi connectivity index (χ2n) is 9.98. The molecule has 41 heavy (non-hydrogen) atoms. The predicted octanol–water partition coefficient (Wildman–Crippen LogP) is 4.99. The molecular weight excluding hydrogens is 548 g/mol. The average Bonchev–Trinajstić information content (AvgIpc) is 2.94. The largest absolute Gasteiger partial charge is 0.354 e. The molecule has 0 bridgehead atoms. The van der Waals surface area contributed by atoms with E-state index in [1.165, 1.54) is 6.07 Å². The number of hydrogen-bond acceptors (Lipinski definition) is 4. The number of amides is 2. The van der Waals surface area contributed by atoms with Gasteiger partial charge in [0.2, 0.25) is 21.8 Å². The highest BCUT2D eigenvalue weighted by atomic mass is 32.2. The number of halogens is 2. The Hall–Kier alpha value is -3.79. The van der Waals surface area contributed by atoms with Gasteiger partial charge < -0.3 is 10.2 Å². The second-order valence-corrected chi connectivity index (χ2v) is 11.9. The van der Waals surface area contributed by atoms with Gasteiger partial charge in [0.25, 0.3) is 0 Å². The summed E-state index contributed by atoms with van der Waals surface area (Å²) in [5.41, 5.74) is 2.73. The first-order chi connectivity index (χ1) is 19.5. The van der Waals surface area contributed by atoms with Gasteiger partial charge in [0.05, 0.1) is 11.9 Å². The van der Waals surface area contributed by atoms with Gasteiger partial charge in [-0.05, 0) is 48.6 Å². The molecule has 0 saturated carbocycles. The number of aryl methyl sites for hydroxylation is 1. The summed E-state index contributed by atoms with van der Waals surface area (Å²) in [6.45, 7) is 4.42. The van der Waals surface area contributed by atoms with Crippen LogP contribution in [0, 0.1) is 18.6 Å². The van der Waals surface area contributed by atoms with E-state index in [2.05, 4.69) is 5.32 Å². The first kappa shape index (κ1) is 31.7. The summed E-state index contributed by atoms with van der Waals surface area (Å²) in [4.78, 5) is 28.8. The number of nitrogens with zero attached hydrogens (tertiary/aromatic N) is 2. The Balaban J connectivity index is 1.88. The fraction of sp³-hybridized carbons (Fsp3) is 0.355. The maximum atomic E-state index is 13.9. The fourth-order valence-corrected chi connectivity index (χ4v) is 5.49. The number of nitrogens with one attached hydrogen (secondary N) is 1. The van der Waals surface area contributed by atoms with Crippen LogP contribution >= 0.6 is 0 Å². The molecule has 1 atom stereocenters. The predicted molar refractivity (Wildman–Crippen MR) is 157 cm³/mol. The SMILES string of the molecule is CCCNC(=O)C(Cc1ccccc1)N(Cc1ccccc1C)C(=O)CCCN(c1ccc(F)c(F)c1)S(C)(=O)=O. The standard InChI is InChI=1S/C31H37F2N3O4S/c1-4-18-34-31(38)29(20-24-12-6-5-7-13-24)35(22-25-14-9-8-11-23(25)2)30(37)15-10-19-36(41(3,39)40)26-16-17-27(32)28(33)21-26/h5-9,11-14,16-17,21,29H,4,10,15,18-20,22H2,1-3H3,(H,34,38). The van der Waals surface area contributed by atoms with Crippen LogP contribution in [0.2, 0.25) is 0 Å². The lowest BCUT2D eigenvalue weighted by Gasteiger charge is -2.32. The van der Waals surface area contributed by atoms with E-state index in [0.29, 0.717) is 13.0 Å². The molecule has 220 valence electrons. The molecule has 1 unspecified atom stereocenters. The first-order valence-electron chi connectivity index (χ1n) is 13.6. The van der Waals surface area contributed by atoms with Gasteiger partial charge in [0, 0.05) is 38.5 Å². The molecular formula is C31H37F2N3O4S. The van der Waals surface area contributed by atoms with E-state index < -0.39 is 27.7 Å². The third-order valence-corrected chi connectivity index (χ3v) is 7.96. The number of benzene rings is 3. The molecule has 0 fully saturated rings. The van der Waals surface area contributed by atoms with E-state index >= 15 is 0 Å². The minimum absolute atomic E-state index is 0.0310. The highest BCUT2D eigenvalue weighted by Crippen LogP contribution is 2.22. The molecule has 0 radical (unpaired) electrons. The van der Waals surface area contributed by atoms with Crippen molar-refractivity contribution >= 4 is 27.5 Å². The van der Waals surface area contributed by atoms with Crippen molar-refractivity contribution in [3.63, 3.8) is 0 Å². The van der Waals surface area contributed by atoms with Gasteiger partial charge >= 0.3 is 0 Å². The quantitative estimate of drug-likeness (QED) is 0.289. The van der Waals surface area contributed by atoms with E-state index in [-0.39, 0.29) is 43.4 Å². The maximum Gasteiger partial charge on any atom is 0.243 e. The molecule has 7 nitrogen and oxygen atoms in total. The fourth-order valence-electron chi connectivity index (χ4n) is 4.54. The molecule has 0 aliphatic carbocycles. The molecule has 3 aromatic rings. The molecule has 0 heterocycles. The smallest absolute Gasteiger partial charge is 0.243 e. The van der Waals surface area contributed by atoms with Gasteiger partial charge in [-0.3, -0.25) is 13.9 Å². The topological polar surface area (TPSA) is 86.8 Å². The zero-order chi connectivity index (χ0) is 30.0. The number of carbonyl (C=O) groups is 2. The third-order valence-electron chi connectivity index (χ3n) is 6.77. The molecule has 0 aliphatic heterocycles. The number of carbonyl (C=O) groups excluding carboxylic acids is 2. The van der Waals surface area contributed by atoms with E-state index in [1.807, 2.05) is 68.4 Å². The third kappa shape index (κ3) is 9.11. The Morgan fingerprint density at radius 1 is 0.951 bits per heavy atom. The number of rotatable bonds is 14. The van der Waals surface area contributed by atoms with E-state index in [0.717, 1.165) is 45.8 Å². The van der Waals surface area contributed by atoms with Crippen molar-refractivity contribution in [3.8, 4) is 0 Å². The Kier molecular flexibility index (Phi) is 11.4. The summed E-state index contributed by atoms with van der Waals surface area (Å²) >= 11 is 0. The van der Waals surface area contributed by atoms with Crippen LogP contribution < -0.4 is 9.62 Å². The van der Waals surface area contributed by atoms with E-state index in [4.69, 9.17) is 0 Å². The molecule has 2 amide bonds. The summed E-state index contributed by atoms with van der Waals surface area (Å²) in [6, 6.07) is 19.1. The van der Waals surface area contributed by atoms with Crippen LogP contribution in [0.25, 0.3) is 0 Å². The number of anilines is 1. The van der Waals surface area contributed by atoms with Gasteiger partial charge in [-0.25, -0.2) is 17.2 Å². The lowest BCUT2D eigenvalue weighted by atomic mass is 10.0. The van der Waals surface area contributed by atoms with Crippen molar-refractivity contribution in [2.24, 2.45) is 0 Å². The summed E-state index contributed by atoms with van der Waals surface area (Å²) < 4.78 is 53.2. The Bertz CT molecular complexity index is 1430. The minimum Gasteiger partial charge on any atom is -0.354 e. The van der Waals surface area contributed by atoms with Gasteiger partial charge in [0.1, 0.15) is 6.04 Å². The number of hydrogen-bond donors (Lipinski definition) is 1. The minimum atomic E-state index is -3.85. The molecule has 0 spiro atoms. The molecule has 0 saturated heterocycles. The summed E-state index contributed by atoms with van der Waals surface area (Å²) in [5.74, 6) is -2.84. The van der Waals surface area contributed by atoms with Crippen LogP contribution in [0.4, 0.5) is 14.5 Å². The van der Waals surface area contributed by atoms with Gasteiger partial charge in [-0.2, -0.15) is 0 Å². The van der Waals surface area contributed by atoms with Crippen LogP contribution in [-0.2, 0) is 32.6 Å². The summed E-state index contributed by atoms with van der Waals surface area (Å²) in [6.07, 6.45) is 2.05. The van der Waals surface area contributed by atoms with Crippen molar-refractivity contribution in [1.29, 1.82) is 0 Å². The van der Waals surface area contributed by atoms with Crippen LogP contribution in [0.1, 0.15) is 42.9 Å². The monoisotopic (exact) mass is 585 g/mol. The average molecular weight is 586 g/mol. The van der Waals surface area contributed by atoms with Gasteiger partial charge in [-0.15, -0.1) is 0 Å². The normalized spacial score (nSPS) is 12.0. The van der Waals surface area contributed by atoms with E-state index in [9.17, 15) is 26.8 Å². The van der Waals surface area contributed by atoms with Crippen molar-refractivity contribution < 1.29 is 26.8 Å².